The molecule has 1 heterocycles. The fourth-order valence-corrected chi connectivity index (χ4v) is 1.60. The van der Waals surface area contributed by atoms with Crippen LogP contribution in [0.3, 0.4) is 0 Å². The molecule has 2 heteroatoms. The summed E-state index contributed by atoms with van der Waals surface area (Å²) in [6, 6.07) is 0. The predicted molar refractivity (Wildman–Crippen MR) is 41.0 cm³/mol. The fraction of sp³-hybridized carbons (Fsp3) is 1.00. The largest absolute Gasteiger partial charge is 0.302 e. The normalized spacial score (nSPS) is 29.3. The van der Waals surface area contributed by atoms with Crippen LogP contribution in [0.5, 0.6) is 0 Å². The average molecular weight is 148 g/mol. The van der Waals surface area contributed by atoms with Gasteiger partial charge in [-0.1, -0.05) is 6.92 Å². The molecular weight excluding hydrogens is 134 g/mol. The summed E-state index contributed by atoms with van der Waals surface area (Å²) in [5.74, 6) is 0. The molecule has 0 saturated carbocycles. The summed E-state index contributed by atoms with van der Waals surface area (Å²) in [4.78, 5) is 2.43. The van der Waals surface area contributed by atoms with Crippen molar-refractivity contribution in [3.63, 3.8) is 0 Å². The SMILES string of the molecule is CCCN1CCC(Cl)C1. The van der Waals surface area contributed by atoms with E-state index in [2.05, 4.69) is 11.8 Å². The van der Waals surface area contributed by atoms with Gasteiger partial charge in [0.25, 0.3) is 0 Å². The molecule has 0 aromatic rings. The smallest absolute Gasteiger partial charge is 0.0475 e. The molecule has 0 aliphatic carbocycles. The van der Waals surface area contributed by atoms with Crippen LogP contribution in [0.4, 0.5) is 0 Å². The highest BCUT2D eigenvalue weighted by molar-refractivity contribution is 6.20. The topological polar surface area (TPSA) is 3.24 Å². The van der Waals surface area contributed by atoms with E-state index in [0.717, 1.165) is 6.54 Å². The Bertz CT molecular complexity index is 83.0. The van der Waals surface area contributed by atoms with Gasteiger partial charge in [0.05, 0.1) is 0 Å². The van der Waals surface area contributed by atoms with Crippen LogP contribution in [0.1, 0.15) is 19.8 Å². The highest BCUT2D eigenvalue weighted by Crippen LogP contribution is 2.13. The third-order valence-electron chi connectivity index (χ3n) is 1.75. The maximum absolute atomic E-state index is 5.90. The molecule has 0 aromatic carbocycles. The van der Waals surface area contributed by atoms with Crippen LogP contribution < -0.4 is 0 Å². The van der Waals surface area contributed by atoms with Gasteiger partial charge in [-0.15, -0.1) is 11.6 Å². The lowest BCUT2D eigenvalue weighted by molar-refractivity contribution is 0.340. The maximum atomic E-state index is 5.90. The molecule has 0 aromatic heterocycles. The summed E-state index contributed by atoms with van der Waals surface area (Å²) in [6.45, 7) is 5.75. The zero-order valence-electron chi connectivity index (χ0n) is 5.94. The number of hydrogen-bond donors (Lipinski definition) is 0. The van der Waals surface area contributed by atoms with Crippen molar-refractivity contribution in [2.45, 2.75) is 25.1 Å². The molecule has 9 heavy (non-hydrogen) atoms. The van der Waals surface area contributed by atoms with Gasteiger partial charge in [0, 0.05) is 11.9 Å². The Balaban J connectivity index is 2.14. The molecule has 1 atom stereocenters. The molecule has 1 unspecified atom stereocenters. The van der Waals surface area contributed by atoms with Crippen molar-refractivity contribution in [2.24, 2.45) is 0 Å². The van der Waals surface area contributed by atoms with Gasteiger partial charge < -0.3 is 4.90 Å². The number of likely N-dealkylation sites (tertiary alicyclic amines) is 1. The van der Waals surface area contributed by atoms with Crippen molar-refractivity contribution in [3.05, 3.63) is 0 Å². The molecular formula is C7H14ClN. The molecule has 0 N–H and O–H groups in total. The second kappa shape index (κ2) is 3.43. The zero-order chi connectivity index (χ0) is 6.69. The third-order valence-corrected chi connectivity index (χ3v) is 2.11. The molecule has 54 valence electrons. The van der Waals surface area contributed by atoms with Gasteiger partial charge in [-0.3, -0.25) is 0 Å². The van der Waals surface area contributed by atoms with Crippen molar-refractivity contribution < 1.29 is 0 Å². The lowest BCUT2D eigenvalue weighted by atomic mass is 10.4. The van der Waals surface area contributed by atoms with Gasteiger partial charge in [-0.05, 0) is 25.9 Å². The molecule has 0 bridgehead atoms. The third kappa shape index (κ3) is 2.15. The van der Waals surface area contributed by atoms with Crippen LogP contribution in [0.25, 0.3) is 0 Å². The Hall–Kier alpha value is 0.250. The standard InChI is InChI=1S/C7H14ClN/c1-2-4-9-5-3-7(8)6-9/h7H,2-6H2,1H3. The molecule has 1 aliphatic heterocycles. The van der Waals surface area contributed by atoms with Gasteiger partial charge in [-0.2, -0.15) is 0 Å². The number of rotatable bonds is 2. The van der Waals surface area contributed by atoms with E-state index in [4.69, 9.17) is 11.6 Å². The quantitative estimate of drug-likeness (QED) is 0.538. The van der Waals surface area contributed by atoms with Crippen LogP contribution in [0.2, 0.25) is 0 Å². The van der Waals surface area contributed by atoms with Crippen LogP contribution in [0.15, 0.2) is 0 Å². The highest BCUT2D eigenvalue weighted by Gasteiger charge is 2.18. The van der Waals surface area contributed by atoms with Gasteiger partial charge in [-0.25, -0.2) is 0 Å². The van der Waals surface area contributed by atoms with Crippen LogP contribution >= 0.6 is 11.6 Å². The lowest BCUT2D eigenvalue weighted by Crippen LogP contribution is -2.21. The van der Waals surface area contributed by atoms with E-state index in [1.54, 1.807) is 0 Å². The van der Waals surface area contributed by atoms with Crippen molar-refractivity contribution in [3.8, 4) is 0 Å². The minimum atomic E-state index is 0.427. The van der Waals surface area contributed by atoms with E-state index >= 15 is 0 Å². The Morgan fingerprint density at radius 2 is 2.44 bits per heavy atom. The summed E-state index contributed by atoms with van der Waals surface area (Å²) in [5.41, 5.74) is 0. The van der Waals surface area contributed by atoms with Crippen LogP contribution in [0, 0.1) is 0 Å². The Labute approximate surface area is 62.0 Å². The van der Waals surface area contributed by atoms with Crippen LogP contribution in [-0.2, 0) is 0 Å². The predicted octanol–water partition coefficient (Wildman–Crippen LogP) is 1.71. The minimum absolute atomic E-state index is 0.427. The Morgan fingerprint density at radius 1 is 1.67 bits per heavy atom. The first-order valence-corrected chi connectivity index (χ1v) is 4.13. The maximum Gasteiger partial charge on any atom is 0.0475 e. The van der Waals surface area contributed by atoms with Crippen molar-refractivity contribution in [1.82, 2.24) is 4.90 Å². The van der Waals surface area contributed by atoms with Gasteiger partial charge in [0.1, 0.15) is 0 Å². The minimum Gasteiger partial charge on any atom is -0.302 e. The first kappa shape index (κ1) is 7.36. The molecule has 0 radical (unpaired) electrons. The van der Waals surface area contributed by atoms with Gasteiger partial charge >= 0.3 is 0 Å². The van der Waals surface area contributed by atoms with Gasteiger partial charge in [0.15, 0.2) is 0 Å². The summed E-state index contributed by atoms with van der Waals surface area (Å²) in [6.07, 6.45) is 2.44. The molecule has 1 rings (SSSR count). The van der Waals surface area contributed by atoms with Crippen molar-refractivity contribution in [1.29, 1.82) is 0 Å². The van der Waals surface area contributed by atoms with Crippen LogP contribution in [-0.4, -0.2) is 29.9 Å². The lowest BCUT2D eigenvalue weighted by Gasteiger charge is -2.11. The number of alkyl halides is 1. The molecule has 0 amide bonds. The second-order valence-corrected chi connectivity index (χ2v) is 3.30. The summed E-state index contributed by atoms with van der Waals surface area (Å²) < 4.78 is 0. The highest BCUT2D eigenvalue weighted by atomic mass is 35.5. The van der Waals surface area contributed by atoms with E-state index in [1.807, 2.05) is 0 Å². The average Bonchev–Trinajstić information content (AvgIpc) is 2.17. The number of halogens is 1. The molecule has 1 aliphatic rings. The molecule has 1 nitrogen and oxygen atoms in total. The van der Waals surface area contributed by atoms with E-state index in [-0.39, 0.29) is 0 Å². The van der Waals surface area contributed by atoms with Crippen molar-refractivity contribution >= 4 is 11.6 Å². The van der Waals surface area contributed by atoms with E-state index in [1.165, 1.54) is 25.9 Å². The molecule has 0 spiro atoms. The second-order valence-electron chi connectivity index (χ2n) is 2.69. The van der Waals surface area contributed by atoms with Crippen molar-refractivity contribution in [2.75, 3.05) is 19.6 Å². The Kier molecular flexibility index (Phi) is 2.80. The summed E-state index contributed by atoms with van der Waals surface area (Å²) >= 11 is 5.90. The fourth-order valence-electron chi connectivity index (χ4n) is 1.30. The van der Waals surface area contributed by atoms with Gasteiger partial charge in [0.2, 0.25) is 0 Å². The molecule has 1 fully saturated rings. The van der Waals surface area contributed by atoms with E-state index in [9.17, 15) is 0 Å². The first-order chi connectivity index (χ1) is 4.33. The monoisotopic (exact) mass is 147 g/mol. The van der Waals surface area contributed by atoms with E-state index < -0.39 is 0 Å². The summed E-state index contributed by atoms with van der Waals surface area (Å²) in [5, 5.41) is 0.427. The molecule has 1 saturated heterocycles. The first-order valence-electron chi connectivity index (χ1n) is 3.69. The Morgan fingerprint density at radius 3 is 2.89 bits per heavy atom. The number of hydrogen-bond acceptors (Lipinski definition) is 1. The summed E-state index contributed by atoms with van der Waals surface area (Å²) in [7, 11) is 0. The van der Waals surface area contributed by atoms with E-state index in [0.29, 0.717) is 5.38 Å². The number of nitrogens with zero attached hydrogens (tertiary/aromatic N) is 1. The zero-order valence-corrected chi connectivity index (χ0v) is 6.69.